The number of hydrogen-bond acceptors (Lipinski definition) is 7. The number of aromatic nitrogens is 2. The maximum absolute atomic E-state index is 12.6. The molecule has 0 saturated carbocycles. The Kier molecular flexibility index (Phi) is 5.27. The van der Waals surface area contributed by atoms with Crippen molar-refractivity contribution in [2.75, 3.05) is 27.3 Å². The lowest BCUT2D eigenvalue weighted by Crippen LogP contribution is -2.37. The van der Waals surface area contributed by atoms with Crippen LogP contribution < -0.4 is 15.4 Å². The molecule has 130 valence electrons. The summed E-state index contributed by atoms with van der Waals surface area (Å²) >= 11 is 1.36. The summed E-state index contributed by atoms with van der Waals surface area (Å²) in [5, 5.41) is 7.19. The van der Waals surface area contributed by atoms with Gasteiger partial charge in [-0.25, -0.2) is 4.98 Å². The van der Waals surface area contributed by atoms with Crippen molar-refractivity contribution in [3.8, 4) is 5.88 Å². The van der Waals surface area contributed by atoms with Crippen LogP contribution in [0, 0.1) is 6.92 Å². The Bertz CT molecular complexity index is 740. The van der Waals surface area contributed by atoms with Crippen LogP contribution in [0.1, 0.15) is 33.9 Å². The van der Waals surface area contributed by atoms with Crippen LogP contribution in [-0.4, -0.2) is 49.2 Å². The van der Waals surface area contributed by atoms with Crippen molar-refractivity contribution in [3.05, 3.63) is 16.3 Å². The van der Waals surface area contributed by atoms with Gasteiger partial charge in [0, 0.05) is 19.7 Å². The van der Waals surface area contributed by atoms with Crippen LogP contribution >= 0.6 is 11.3 Å². The van der Waals surface area contributed by atoms with E-state index in [1.54, 1.807) is 14.2 Å². The maximum atomic E-state index is 12.6. The molecule has 7 nitrogen and oxygen atoms in total. The second-order valence-corrected chi connectivity index (χ2v) is 6.82. The van der Waals surface area contributed by atoms with E-state index in [-0.39, 0.29) is 5.91 Å². The van der Waals surface area contributed by atoms with Crippen molar-refractivity contribution in [3.63, 3.8) is 0 Å². The summed E-state index contributed by atoms with van der Waals surface area (Å²) in [6, 6.07) is 0.367. The molecular formula is C16H22N4O3S. The smallest absolute Gasteiger partial charge is 0.261 e. The SMILES string of the molecule is COCc1nc(OC)c2c(C)c(C(=O)NCC3CCCN3)sc2n1. The minimum atomic E-state index is -0.0699. The first kappa shape index (κ1) is 17.1. The van der Waals surface area contributed by atoms with Crippen LogP contribution in [0.5, 0.6) is 5.88 Å². The Morgan fingerprint density at radius 2 is 2.25 bits per heavy atom. The Balaban J connectivity index is 1.87. The lowest BCUT2D eigenvalue weighted by molar-refractivity contribution is 0.0954. The van der Waals surface area contributed by atoms with E-state index < -0.39 is 0 Å². The summed E-state index contributed by atoms with van der Waals surface area (Å²) in [5.74, 6) is 0.960. The largest absolute Gasteiger partial charge is 0.480 e. The number of methoxy groups -OCH3 is 2. The summed E-state index contributed by atoms with van der Waals surface area (Å²) in [6.07, 6.45) is 2.27. The van der Waals surface area contributed by atoms with E-state index in [4.69, 9.17) is 9.47 Å². The highest BCUT2D eigenvalue weighted by Gasteiger charge is 2.22. The third kappa shape index (κ3) is 3.35. The summed E-state index contributed by atoms with van der Waals surface area (Å²) < 4.78 is 10.5. The van der Waals surface area contributed by atoms with E-state index >= 15 is 0 Å². The van der Waals surface area contributed by atoms with Crippen molar-refractivity contribution in [2.24, 2.45) is 0 Å². The Morgan fingerprint density at radius 1 is 1.42 bits per heavy atom. The normalized spacial score (nSPS) is 17.4. The third-order valence-corrected chi connectivity index (χ3v) is 5.33. The molecule has 1 saturated heterocycles. The number of ether oxygens (including phenoxy) is 2. The highest BCUT2D eigenvalue weighted by Crippen LogP contribution is 2.35. The molecule has 1 unspecified atom stereocenters. The number of thiophene rings is 1. The Morgan fingerprint density at radius 3 is 2.92 bits per heavy atom. The number of nitrogens with one attached hydrogen (secondary N) is 2. The van der Waals surface area contributed by atoms with Crippen LogP contribution in [0.15, 0.2) is 0 Å². The van der Waals surface area contributed by atoms with Crippen molar-refractivity contribution in [1.82, 2.24) is 20.6 Å². The zero-order valence-electron chi connectivity index (χ0n) is 14.1. The average Bonchev–Trinajstić information content (AvgIpc) is 3.20. The standard InChI is InChI=1S/C16H22N4O3S/c1-9-12-15(23-3)19-11(8-22-2)20-16(12)24-13(9)14(21)18-7-10-5-4-6-17-10/h10,17H,4-8H2,1-3H3,(H,18,21). The van der Waals surface area contributed by atoms with Crippen molar-refractivity contribution in [2.45, 2.75) is 32.4 Å². The minimum Gasteiger partial charge on any atom is -0.480 e. The first-order valence-electron chi connectivity index (χ1n) is 7.98. The molecule has 2 N–H and O–H groups in total. The molecule has 1 amide bonds. The van der Waals surface area contributed by atoms with Gasteiger partial charge in [0.25, 0.3) is 5.91 Å². The highest BCUT2D eigenvalue weighted by molar-refractivity contribution is 7.20. The van der Waals surface area contributed by atoms with E-state index in [2.05, 4.69) is 20.6 Å². The minimum absolute atomic E-state index is 0.0699. The second kappa shape index (κ2) is 7.42. The van der Waals surface area contributed by atoms with Crippen LogP contribution in [0.2, 0.25) is 0 Å². The molecule has 1 fully saturated rings. The number of carbonyl (C=O) groups is 1. The maximum Gasteiger partial charge on any atom is 0.261 e. The van der Waals surface area contributed by atoms with E-state index in [0.717, 1.165) is 35.2 Å². The van der Waals surface area contributed by atoms with Crippen molar-refractivity contribution >= 4 is 27.5 Å². The fourth-order valence-corrected chi connectivity index (χ4v) is 4.04. The fourth-order valence-electron chi connectivity index (χ4n) is 2.93. The summed E-state index contributed by atoms with van der Waals surface area (Å²) in [6.45, 7) is 3.88. The molecule has 1 atom stereocenters. The summed E-state index contributed by atoms with van der Waals surface area (Å²) in [7, 11) is 3.16. The Hall–Kier alpha value is -1.77. The quantitative estimate of drug-likeness (QED) is 0.824. The number of aryl methyl sites for hydroxylation is 1. The predicted molar refractivity (Wildman–Crippen MR) is 92.8 cm³/mol. The highest BCUT2D eigenvalue weighted by atomic mass is 32.1. The lowest BCUT2D eigenvalue weighted by Gasteiger charge is -2.11. The van der Waals surface area contributed by atoms with Gasteiger partial charge >= 0.3 is 0 Å². The molecule has 3 rings (SSSR count). The topological polar surface area (TPSA) is 85.4 Å². The lowest BCUT2D eigenvalue weighted by atomic mass is 10.2. The van der Waals surface area contributed by atoms with Crippen molar-refractivity contribution < 1.29 is 14.3 Å². The number of hydrogen-bond donors (Lipinski definition) is 2. The van der Waals surface area contributed by atoms with Crippen LogP contribution in [0.4, 0.5) is 0 Å². The molecule has 3 heterocycles. The molecule has 1 aliphatic heterocycles. The average molecular weight is 350 g/mol. The fraction of sp³-hybridized carbons (Fsp3) is 0.562. The first-order valence-corrected chi connectivity index (χ1v) is 8.80. The van der Waals surface area contributed by atoms with E-state index in [1.165, 1.54) is 11.3 Å². The number of amides is 1. The van der Waals surface area contributed by atoms with Gasteiger partial charge in [-0.1, -0.05) is 0 Å². The zero-order chi connectivity index (χ0) is 17.1. The molecule has 0 aliphatic carbocycles. The molecule has 2 aromatic heterocycles. The monoisotopic (exact) mass is 350 g/mol. The molecule has 24 heavy (non-hydrogen) atoms. The number of carbonyl (C=O) groups excluding carboxylic acids is 1. The predicted octanol–water partition coefficient (Wildman–Crippen LogP) is 1.64. The van der Waals surface area contributed by atoms with Gasteiger partial charge in [0.05, 0.1) is 17.4 Å². The van der Waals surface area contributed by atoms with Gasteiger partial charge in [-0.2, -0.15) is 4.98 Å². The number of rotatable bonds is 6. The summed E-state index contributed by atoms with van der Waals surface area (Å²) in [4.78, 5) is 22.8. The summed E-state index contributed by atoms with van der Waals surface area (Å²) in [5.41, 5.74) is 0.854. The van der Waals surface area contributed by atoms with E-state index in [9.17, 15) is 4.79 Å². The van der Waals surface area contributed by atoms with Gasteiger partial charge < -0.3 is 20.1 Å². The van der Waals surface area contributed by atoms with Gasteiger partial charge in [0.15, 0.2) is 5.82 Å². The van der Waals surface area contributed by atoms with E-state index in [1.807, 2.05) is 6.92 Å². The van der Waals surface area contributed by atoms with E-state index in [0.29, 0.717) is 35.8 Å². The number of fused-ring (bicyclic) bond motifs is 1. The van der Waals surface area contributed by atoms with Gasteiger partial charge in [-0.15, -0.1) is 11.3 Å². The van der Waals surface area contributed by atoms with Gasteiger partial charge in [-0.3, -0.25) is 4.79 Å². The van der Waals surface area contributed by atoms with Crippen molar-refractivity contribution in [1.29, 1.82) is 0 Å². The molecule has 0 aromatic carbocycles. The molecule has 1 aliphatic rings. The molecule has 0 radical (unpaired) electrons. The molecule has 0 spiro atoms. The second-order valence-electron chi connectivity index (χ2n) is 5.82. The van der Waals surface area contributed by atoms with Crippen LogP contribution in [0.3, 0.4) is 0 Å². The van der Waals surface area contributed by atoms with Crippen LogP contribution in [-0.2, 0) is 11.3 Å². The van der Waals surface area contributed by atoms with Gasteiger partial charge in [0.1, 0.15) is 11.4 Å². The molecule has 0 bridgehead atoms. The zero-order valence-corrected chi connectivity index (χ0v) is 15.0. The van der Waals surface area contributed by atoms with Gasteiger partial charge in [-0.05, 0) is 31.9 Å². The molecule has 8 heteroatoms. The Labute approximate surface area is 144 Å². The first-order chi connectivity index (χ1) is 11.6. The molecular weight excluding hydrogens is 328 g/mol. The third-order valence-electron chi connectivity index (χ3n) is 4.15. The molecule has 2 aromatic rings. The number of nitrogens with zero attached hydrogens (tertiary/aromatic N) is 2. The van der Waals surface area contributed by atoms with Crippen LogP contribution in [0.25, 0.3) is 10.2 Å². The van der Waals surface area contributed by atoms with Gasteiger partial charge in [0.2, 0.25) is 5.88 Å².